The van der Waals surface area contributed by atoms with E-state index in [0.717, 1.165) is 15.6 Å². The van der Waals surface area contributed by atoms with Crippen molar-refractivity contribution in [2.24, 2.45) is 12.8 Å². The minimum Gasteiger partial charge on any atom is -0.323 e. The third kappa shape index (κ3) is 2.37. The Labute approximate surface area is 96.7 Å². The van der Waals surface area contributed by atoms with Crippen molar-refractivity contribution in [3.05, 3.63) is 33.2 Å². The van der Waals surface area contributed by atoms with Gasteiger partial charge in [-0.1, -0.05) is 16.8 Å². The van der Waals surface area contributed by atoms with E-state index in [1.807, 2.05) is 24.7 Å². The topological polar surface area (TPSA) is 56.7 Å². The molecule has 0 aliphatic rings. The van der Waals surface area contributed by atoms with Gasteiger partial charge in [-0.05, 0) is 11.4 Å². The molecule has 0 fully saturated rings. The third-order valence-electron chi connectivity index (χ3n) is 2.06. The molecule has 0 amide bonds. The summed E-state index contributed by atoms with van der Waals surface area (Å²) < 4.78 is 1.66. The maximum Gasteiger partial charge on any atom is 0.0846 e. The van der Waals surface area contributed by atoms with Gasteiger partial charge in [0.1, 0.15) is 0 Å². The Morgan fingerprint density at radius 1 is 1.67 bits per heavy atom. The second-order valence-corrected chi connectivity index (χ2v) is 4.68. The van der Waals surface area contributed by atoms with Crippen LogP contribution in [0, 0.1) is 0 Å². The molecule has 0 spiro atoms. The smallest absolute Gasteiger partial charge is 0.0846 e. The summed E-state index contributed by atoms with van der Waals surface area (Å²) in [5.74, 6) is 0. The first-order valence-corrected chi connectivity index (χ1v) is 5.76. The lowest BCUT2D eigenvalue weighted by Crippen LogP contribution is -2.12. The van der Waals surface area contributed by atoms with E-state index in [-0.39, 0.29) is 6.04 Å². The monoisotopic (exact) mass is 242 g/mol. The van der Waals surface area contributed by atoms with Crippen molar-refractivity contribution in [2.75, 3.05) is 0 Å². The highest BCUT2D eigenvalue weighted by Crippen LogP contribution is 2.28. The molecule has 0 aliphatic heterocycles. The molecule has 80 valence electrons. The van der Waals surface area contributed by atoms with E-state index < -0.39 is 0 Å². The number of hydrogen-bond donors (Lipinski definition) is 1. The summed E-state index contributed by atoms with van der Waals surface area (Å²) in [5, 5.41) is 10.5. The van der Waals surface area contributed by atoms with Crippen LogP contribution in [0.25, 0.3) is 0 Å². The summed E-state index contributed by atoms with van der Waals surface area (Å²) >= 11 is 7.57. The summed E-state index contributed by atoms with van der Waals surface area (Å²) in [6, 6.07) is 1.76. The van der Waals surface area contributed by atoms with Crippen LogP contribution in [-0.4, -0.2) is 15.0 Å². The molecule has 0 radical (unpaired) electrons. The van der Waals surface area contributed by atoms with Gasteiger partial charge in [0.25, 0.3) is 0 Å². The van der Waals surface area contributed by atoms with Crippen molar-refractivity contribution >= 4 is 22.9 Å². The van der Waals surface area contributed by atoms with E-state index in [0.29, 0.717) is 6.42 Å². The second-order valence-electron chi connectivity index (χ2n) is 3.33. The largest absolute Gasteiger partial charge is 0.323 e. The van der Waals surface area contributed by atoms with Crippen LogP contribution < -0.4 is 5.73 Å². The number of aromatic nitrogens is 3. The van der Waals surface area contributed by atoms with Gasteiger partial charge in [0.05, 0.1) is 10.7 Å². The second kappa shape index (κ2) is 4.30. The van der Waals surface area contributed by atoms with Crippen molar-refractivity contribution in [1.29, 1.82) is 0 Å². The van der Waals surface area contributed by atoms with Gasteiger partial charge in [0.15, 0.2) is 0 Å². The maximum atomic E-state index is 6.03. The molecule has 0 saturated carbocycles. The summed E-state index contributed by atoms with van der Waals surface area (Å²) in [7, 11) is 1.83. The molecule has 2 N–H and O–H groups in total. The average Bonchev–Trinajstić information content (AvgIpc) is 2.75. The molecule has 0 aliphatic carbocycles. The molecule has 0 aromatic carbocycles. The maximum absolute atomic E-state index is 6.03. The van der Waals surface area contributed by atoms with Gasteiger partial charge in [0, 0.05) is 30.6 Å². The van der Waals surface area contributed by atoms with Gasteiger partial charge < -0.3 is 5.73 Å². The van der Waals surface area contributed by atoms with Crippen LogP contribution in [0.1, 0.15) is 16.6 Å². The Morgan fingerprint density at radius 2 is 2.47 bits per heavy atom. The van der Waals surface area contributed by atoms with E-state index in [4.69, 9.17) is 17.3 Å². The predicted octanol–water partition coefficient (Wildman–Crippen LogP) is 1.77. The van der Waals surface area contributed by atoms with E-state index in [9.17, 15) is 0 Å². The molecular formula is C9H11ClN4S. The predicted molar refractivity (Wildman–Crippen MR) is 61.0 cm³/mol. The van der Waals surface area contributed by atoms with Crippen molar-refractivity contribution in [3.8, 4) is 0 Å². The van der Waals surface area contributed by atoms with Crippen molar-refractivity contribution in [2.45, 2.75) is 12.5 Å². The Morgan fingerprint density at radius 3 is 3.00 bits per heavy atom. The molecule has 2 aromatic rings. The van der Waals surface area contributed by atoms with Crippen molar-refractivity contribution < 1.29 is 0 Å². The molecular weight excluding hydrogens is 232 g/mol. The lowest BCUT2D eigenvalue weighted by molar-refractivity contribution is 0.700. The standard InChI is InChI=1S/C9H11ClN4S/c1-14-5-6(12-13-14)4-8(11)9-7(10)2-3-15-9/h2-3,5,8H,4,11H2,1H3. The van der Waals surface area contributed by atoms with E-state index in [1.165, 1.54) is 0 Å². The van der Waals surface area contributed by atoms with Crippen LogP contribution in [-0.2, 0) is 13.5 Å². The van der Waals surface area contributed by atoms with Gasteiger partial charge in [-0.15, -0.1) is 16.4 Å². The first-order chi connectivity index (χ1) is 7.16. The third-order valence-corrected chi connectivity index (χ3v) is 3.55. The molecule has 0 bridgehead atoms. The number of thiophene rings is 1. The molecule has 1 unspecified atom stereocenters. The minimum absolute atomic E-state index is 0.103. The molecule has 15 heavy (non-hydrogen) atoms. The fraction of sp³-hybridized carbons (Fsp3) is 0.333. The molecule has 2 aromatic heterocycles. The van der Waals surface area contributed by atoms with Crippen molar-refractivity contribution in [3.63, 3.8) is 0 Å². The van der Waals surface area contributed by atoms with Crippen LogP contribution in [0.4, 0.5) is 0 Å². The van der Waals surface area contributed by atoms with Gasteiger partial charge in [0.2, 0.25) is 0 Å². The van der Waals surface area contributed by atoms with E-state index in [2.05, 4.69) is 10.3 Å². The fourth-order valence-electron chi connectivity index (χ4n) is 1.38. The fourth-order valence-corrected chi connectivity index (χ4v) is 2.58. The average molecular weight is 243 g/mol. The SMILES string of the molecule is Cn1cc(CC(N)c2sccc2Cl)nn1. The number of nitrogens with two attached hydrogens (primary N) is 1. The summed E-state index contributed by atoms with van der Waals surface area (Å²) in [5.41, 5.74) is 6.91. The summed E-state index contributed by atoms with van der Waals surface area (Å²) in [6.45, 7) is 0. The Hall–Kier alpha value is -0.910. The zero-order chi connectivity index (χ0) is 10.8. The van der Waals surface area contributed by atoms with Crippen LogP contribution in [0.2, 0.25) is 5.02 Å². The summed E-state index contributed by atoms with van der Waals surface area (Å²) in [4.78, 5) is 1.00. The van der Waals surface area contributed by atoms with Crippen molar-refractivity contribution in [1.82, 2.24) is 15.0 Å². The first kappa shape index (κ1) is 10.6. The highest BCUT2D eigenvalue weighted by molar-refractivity contribution is 7.10. The molecule has 0 saturated heterocycles. The first-order valence-electron chi connectivity index (χ1n) is 4.50. The van der Waals surface area contributed by atoms with E-state index >= 15 is 0 Å². The van der Waals surface area contributed by atoms with Crippen LogP contribution >= 0.6 is 22.9 Å². The number of nitrogens with zero attached hydrogens (tertiary/aromatic N) is 3. The van der Waals surface area contributed by atoms with Crippen LogP contribution in [0.15, 0.2) is 17.6 Å². The normalized spacial score (nSPS) is 13.0. The number of aryl methyl sites for hydroxylation is 1. The summed E-state index contributed by atoms with van der Waals surface area (Å²) in [6.07, 6.45) is 2.52. The van der Waals surface area contributed by atoms with Gasteiger partial charge in [-0.2, -0.15) is 0 Å². The Kier molecular flexibility index (Phi) is 3.04. The quantitative estimate of drug-likeness (QED) is 0.893. The molecule has 4 nitrogen and oxygen atoms in total. The number of rotatable bonds is 3. The number of halogens is 1. The number of hydrogen-bond acceptors (Lipinski definition) is 4. The minimum atomic E-state index is -0.103. The molecule has 2 heterocycles. The molecule has 2 rings (SSSR count). The van der Waals surface area contributed by atoms with Crippen LogP contribution in [0.5, 0.6) is 0 Å². The molecule has 1 atom stereocenters. The zero-order valence-electron chi connectivity index (χ0n) is 8.22. The highest BCUT2D eigenvalue weighted by Gasteiger charge is 2.13. The van der Waals surface area contributed by atoms with Gasteiger partial charge in [-0.25, -0.2) is 0 Å². The Balaban J connectivity index is 2.10. The highest BCUT2D eigenvalue weighted by atomic mass is 35.5. The zero-order valence-corrected chi connectivity index (χ0v) is 9.79. The molecule has 6 heteroatoms. The lowest BCUT2D eigenvalue weighted by Gasteiger charge is -2.07. The Bertz CT molecular complexity index is 450. The van der Waals surface area contributed by atoms with Gasteiger partial charge >= 0.3 is 0 Å². The van der Waals surface area contributed by atoms with E-state index in [1.54, 1.807) is 16.0 Å². The lowest BCUT2D eigenvalue weighted by atomic mass is 10.1. The van der Waals surface area contributed by atoms with Crippen LogP contribution in [0.3, 0.4) is 0 Å². The van der Waals surface area contributed by atoms with Gasteiger partial charge in [-0.3, -0.25) is 4.68 Å².